The van der Waals surface area contributed by atoms with Crippen LogP contribution in [0.25, 0.3) is 0 Å². The standard InChI is InChI=1S/C21H22N4O3/c1-14-12-19(22-13-16-6-4-5-7-18(16)27-2)25-21(23-14)24-17-10-8-15(9-11-17)20(26)28-3/h4-12H,13H2,1-3H3,(H2,22,23,24,25). The van der Waals surface area contributed by atoms with Crippen LogP contribution in [0.15, 0.2) is 54.6 Å². The van der Waals surface area contributed by atoms with Crippen LogP contribution >= 0.6 is 0 Å². The molecule has 0 amide bonds. The topological polar surface area (TPSA) is 85.4 Å². The summed E-state index contributed by atoms with van der Waals surface area (Å²) < 4.78 is 10.1. The second kappa shape index (κ2) is 8.85. The van der Waals surface area contributed by atoms with Gasteiger partial charge in [0.15, 0.2) is 0 Å². The summed E-state index contributed by atoms with van der Waals surface area (Å²) in [4.78, 5) is 20.4. The van der Waals surface area contributed by atoms with Crippen LogP contribution in [-0.2, 0) is 11.3 Å². The Labute approximate surface area is 163 Å². The van der Waals surface area contributed by atoms with Crippen molar-refractivity contribution in [2.24, 2.45) is 0 Å². The molecule has 0 spiro atoms. The van der Waals surface area contributed by atoms with Crippen LogP contribution in [0, 0.1) is 6.92 Å². The summed E-state index contributed by atoms with van der Waals surface area (Å²) in [6, 6.07) is 16.6. The second-order valence-electron chi connectivity index (χ2n) is 6.08. The van der Waals surface area contributed by atoms with Gasteiger partial charge in [-0.3, -0.25) is 0 Å². The van der Waals surface area contributed by atoms with Gasteiger partial charge >= 0.3 is 5.97 Å². The van der Waals surface area contributed by atoms with Gasteiger partial charge < -0.3 is 20.1 Å². The van der Waals surface area contributed by atoms with E-state index in [2.05, 4.69) is 20.6 Å². The molecule has 1 heterocycles. The average molecular weight is 378 g/mol. The molecule has 0 saturated heterocycles. The lowest BCUT2D eigenvalue weighted by Gasteiger charge is -2.12. The van der Waals surface area contributed by atoms with Gasteiger partial charge in [0.2, 0.25) is 5.95 Å². The molecule has 0 aliphatic rings. The van der Waals surface area contributed by atoms with Gasteiger partial charge in [-0.2, -0.15) is 4.98 Å². The number of aromatic nitrogens is 2. The maximum absolute atomic E-state index is 11.5. The number of hydrogen-bond acceptors (Lipinski definition) is 7. The predicted octanol–water partition coefficient (Wildman–Crippen LogP) is 3.94. The smallest absolute Gasteiger partial charge is 0.337 e. The first-order chi connectivity index (χ1) is 13.6. The number of anilines is 3. The van der Waals surface area contributed by atoms with Crippen molar-refractivity contribution < 1.29 is 14.3 Å². The summed E-state index contributed by atoms with van der Waals surface area (Å²) in [5, 5.41) is 6.45. The van der Waals surface area contributed by atoms with E-state index in [0.717, 1.165) is 22.7 Å². The van der Waals surface area contributed by atoms with Gasteiger partial charge in [0.25, 0.3) is 0 Å². The Bertz CT molecular complexity index is 958. The fraction of sp³-hybridized carbons (Fsp3) is 0.190. The normalized spacial score (nSPS) is 10.2. The monoisotopic (exact) mass is 378 g/mol. The largest absolute Gasteiger partial charge is 0.496 e. The lowest BCUT2D eigenvalue weighted by Crippen LogP contribution is -2.06. The first kappa shape index (κ1) is 19.2. The molecule has 2 aromatic carbocycles. The number of benzene rings is 2. The molecule has 0 aliphatic heterocycles. The average Bonchev–Trinajstić information content (AvgIpc) is 2.72. The summed E-state index contributed by atoms with van der Waals surface area (Å²) >= 11 is 0. The van der Waals surface area contributed by atoms with E-state index in [-0.39, 0.29) is 5.97 Å². The van der Waals surface area contributed by atoms with E-state index in [9.17, 15) is 4.79 Å². The van der Waals surface area contributed by atoms with Crippen LogP contribution in [0.5, 0.6) is 5.75 Å². The van der Waals surface area contributed by atoms with E-state index in [4.69, 9.17) is 9.47 Å². The Hall–Kier alpha value is -3.61. The van der Waals surface area contributed by atoms with Crippen LogP contribution in [0.4, 0.5) is 17.5 Å². The Balaban J connectivity index is 1.71. The first-order valence-corrected chi connectivity index (χ1v) is 8.76. The van der Waals surface area contributed by atoms with E-state index in [1.165, 1.54) is 7.11 Å². The van der Waals surface area contributed by atoms with Crippen LogP contribution in [0.3, 0.4) is 0 Å². The molecule has 0 atom stereocenters. The molecule has 144 valence electrons. The van der Waals surface area contributed by atoms with Gasteiger partial charge in [-0.1, -0.05) is 18.2 Å². The highest BCUT2D eigenvalue weighted by Gasteiger charge is 2.07. The molecule has 0 bridgehead atoms. The predicted molar refractivity (Wildman–Crippen MR) is 108 cm³/mol. The van der Waals surface area contributed by atoms with Gasteiger partial charge in [-0.05, 0) is 37.3 Å². The van der Waals surface area contributed by atoms with Crippen molar-refractivity contribution in [3.8, 4) is 5.75 Å². The van der Waals surface area contributed by atoms with Gasteiger partial charge in [0.1, 0.15) is 11.6 Å². The zero-order valence-electron chi connectivity index (χ0n) is 16.0. The van der Waals surface area contributed by atoms with Crippen molar-refractivity contribution in [1.82, 2.24) is 9.97 Å². The number of para-hydroxylation sites is 1. The number of nitrogens with zero attached hydrogens (tertiary/aromatic N) is 2. The van der Waals surface area contributed by atoms with Gasteiger partial charge in [-0.15, -0.1) is 0 Å². The Morgan fingerprint density at radius 3 is 2.50 bits per heavy atom. The summed E-state index contributed by atoms with van der Waals surface area (Å²) in [6.07, 6.45) is 0. The molecule has 7 nitrogen and oxygen atoms in total. The van der Waals surface area contributed by atoms with E-state index < -0.39 is 0 Å². The lowest BCUT2D eigenvalue weighted by molar-refractivity contribution is 0.0601. The number of nitrogens with one attached hydrogen (secondary N) is 2. The molecule has 0 unspecified atom stereocenters. The van der Waals surface area contributed by atoms with Gasteiger partial charge in [0.05, 0.1) is 19.8 Å². The number of methoxy groups -OCH3 is 2. The maximum Gasteiger partial charge on any atom is 0.337 e. The Morgan fingerprint density at radius 2 is 1.79 bits per heavy atom. The highest BCUT2D eigenvalue weighted by Crippen LogP contribution is 2.20. The van der Waals surface area contributed by atoms with Crippen LogP contribution in [0.1, 0.15) is 21.6 Å². The van der Waals surface area contributed by atoms with Crippen molar-refractivity contribution in [3.63, 3.8) is 0 Å². The highest BCUT2D eigenvalue weighted by molar-refractivity contribution is 5.89. The number of rotatable bonds is 7. The van der Waals surface area contributed by atoms with E-state index in [1.807, 2.05) is 37.3 Å². The molecule has 0 aliphatic carbocycles. The van der Waals surface area contributed by atoms with E-state index in [0.29, 0.717) is 23.9 Å². The number of hydrogen-bond donors (Lipinski definition) is 2. The summed E-state index contributed by atoms with van der Waals surface area (Å²) in [5.74, 6) is 1.62. The summed E-state index contributed by atoms with van der Waals surface area (Å²) in [7, 11) is 3.01. The molecular weight excluding hydrogens is 356 g/mol. The zero-order valence-corrected chi connectivity index (χ0v) is 16.0. The van der Waals surface area contributed by atoms with E-state index >= 15 is 0 Å². The van der Waals surface area contributed by atoms with Crippen molar-refractivity contribution >= 4 is 23.4 Å². The number of esters is 1. The molecule has 0 radical (unpaired) electrons. The van der Waals surface area contributed by atoms with Crippen LogP contribution in [0.2, 0.25) is 0 Å². The number of carbonyl (C=O) groups is 1. The molecule has 0 saturated carbocycles. The van der Waals surface area contributed by atoms with Gasteiger partial charge in [-0.25, -0.2) is 9.78 Å². The maximum atomic E-state index is 11.5. The highest BCUT2D eigenvalue weighted by atomic mass is 16.5. The second-order valence-corrected chi connectivity index (χ2v) is 6.08. The minimum Gasteiger partial charge on any atom is -0.496 e. The quantitative estimate of drug-likeness (QED) is 0.602. The van der Waals surface area contributed by atoms with E-state index in [1.54, 1.807) is 31.4 Å². The lowest BCUT2D eigenvalue weighted by atomic mass is 10.2. The zero-order chi connectivity index (χ0) is 19.9. The third-order valence-electron chi connectivity index (χ3n) is 4.07. The molecule has 0 fully saturated rings. The fourth-order valence-corrected chi connectivity index (χ4v) is 2.69. The fourth-order valence-electron chi connectivity index (χ4n) is 2.69. The van der Waals surface area contributed by atoms with Crippen molar-refractivity contribution in [1.29, 1.82) is 0 Å². The number of carbonyl (C=O) groups excluding carboxylic acids is 1. The van der Waals surface area contributed by atoms with Crippen molar-refractivity contribution in [3.05, 3.63) is 71.4 Å². The summed E-state index contributed by atoms with van der Waals surface area (Å²) in [5.41, 5.74) is 3.12. The minimum atomic E-state index is -0.374. The molecule has 28 heavy (non-hydrogen) atoms. The molecule has 3 aromatic rings. The SMILES string of the molecule is COC(=O)c1ccc(Nc2nc(C)cc(NCc3ccccc3OC)n2)cc1. The Morgan fingerprint density at radius 1 is 1.04 bits per heavy atom. The van der Waals surface area contributed by atoms with Crippen LogP contribution < -0.4 is 15.4 Å². The van der Waals surface area contributed by atoms with Gasteiger partial charge in [0, 0.05) is 29.6 Å². The summed E-state index contributed by atoms with van der Waals surface area (Å²) in [6.45, 7) is 2.48. The number of ether oxygens (including phenoxy) is 2. The third kappa shape index (κ3) is 4.76. The van der Waals surface area contributed by atoms with Crippen LogP contribution in [-0.4, -0.2) is 30.2 Å². The molecule has 3 rings (SSSR count). The minimum absolute atomic E-state index is 0.374. The first-order valence-electron chi connectivity index (χ1n) is 8.76. The Kier molecular flexibility index (Phi) is 6.06. The molecular formula is C21H22N4O3. The molecule has 2 N–H and O–H groups in total. The third-order valence-corrected chi connectivity index (χ3v) is 4.07. The molecule has 7 heteroatoms. The van der Waals surface area contributed by atoms with Crippen molar-refractivity contribution in [2.75, 3.05) is 24.9 Å². The molecule has 1 aromatic heterocycles. The van der Waals surface area contributed by atoms with Crippen molar-refractivity contribution in [2.45, 2.75) is 13.5 Å². The number of aryl methyl sites for hydroxylation is 1.